The van der Waals surface area contributed by atoms with Crippen LogP contribution in [0.25, 0.3) is 0 Å². The van der Waals surface area contributed by atoms with Crippen molar-refractivity contribution >= 4 is 0 Å². The van der Waals surface area contributed by atoms with Gasteiger partial charge in [-0.1, -0.05) is 24.3 Å². The number of methoxy groups -OCH3 is 1. The molecule has 0 saturated heterocycles. The Kier molecular flexibility index (Phi) is 3.95. The Balaban J connectivity index is 2.35. The predicted molar refractivity (Wildman–Crippen MR) is 70.3 cm³/mol. The Morgan fingerprint density at radius 3 is 2.39 bits per heavy atom. The number of ether oxygens (including phenoxy) is 1. The highest BCUT2D eigenvalue weighted by molar-refractivity contribution is 5.36. The lowest BCUT2D eigenvalue weighted by molar-refractivity contribution is 0.414. The van der Waals surface area contributed by atoms with E-state index in [1.165, 1.54) is 12.1 Å². The van der Waals surface area contributed by atoms with Gasteiger partial charge in [-0.3, -0.25) is 0 Å². The maximum Gasteiger partial charge on any atom is 0.123 e. The number of benzene rings is 2. The summed E-state index contributed by atoms with van der Waals surface area (Å²) in [6, 6.07) is 14.4. The Hall–Kier alpha value is -1.87. The zero-order valence-electron chi connectivity index (χ0n) is 10.5. The second-order valence-electron chi connectivity index (χ2n) is 4.05. The molecule has 0 heterocycles. The number of rotatable bonds is 4. The Bertz CT molecular complexity index is 510. The van der Waals surface area contributed by atoms with E-state index in [0.29, 0.717) is 0 Å². The van der Waals surface area contributed by atoms with Crippen LogP contribution in [0.15, 0.2) is 48.5 Å². The molecule has 0 fully saturated rings. The van der Waals surface area contributed by atoms with Gasteiger partial charge in [0.05, 0.1) is 13.2 Å². The second kappa shape index (κ2) is 5.65. The average Bonchev–Trinajstić information content (AvgIpc) is 2.42. The summed E-state index contributed by atoms with van der Waals surface area (Å²) >= 11 is 0. The largest absolute Gasteiger partial charge is 0.497 e. The van der Waals surface area contributed by atoms with E-state index in [0.717, 1.165) is 16.9 Å². The molecule has 2 rings (SSSR count). The highest BCUT2D eigenvalue weighted by Crippen LogP contribution is 2.24. The summed E-state index contributed by atoms with van der Waals surface area (Å²) in [6.07, 6.45) is 0. The van der Waals surface area contributed by atoms with Crippen molar-refractivity contribution in [1.82, 2.24) is 5.32 Å². The van der Waals surface area contributed by atoms with Crippen LogP contribution in [0.1, 0.15) is 17.2 Å². The minimum absolute atomic E-state index is 0.0284. The van der Waals surface area contributed by atoms with Crippen LogP contribution < -0.4 is 10.1 Å². The molecule has 2 aromatic carbocycles. The fourth-order valence-corrected chi connectivity index (χ4v) is 2.00. The van der Waals surface area contributed by atoms with Gasteiger partial charge in [0.1, 0.15) is 11.6 Å². The van der Waals surface area contributed by atoms with Gasteiger partial charge in [0.2, 0.25) is 0 Å². The number of nitrogens with one attached hydrogen (secondary N) is 1. The molecule has 0 saturated carbocycles. The Labute approximate surface area is 106 Å². The van der Waals surface area contributed by atoms with Gasteiger partial charge < -0.3 is 10.1 Å². The number of halogens is 1. The third kappa shape index (κ3) is 2.68. The van der Waals surface area contributed by atoms with Crippen molar-refractivity contribution in [3.05, 3.63) is 65.5 Å². The number of hydrogen-bond donors (Lipinski definition) is 1. The summed E-state index contributed by atoms with van der Waals surface area (Å²) < 4.78 is 18.2. The van der Waals surface area contributed by atoms with Crippen molar-refractivity contribution in [1.29, 1.82) is 0 Å². The lowest BCUT2D eigenvalue weighted by Crippen LogP contribution is -2.17. The van der Waals surface area contributed by atoms with Gasteiger partial charge in [-0.25, -0.2) is 4.39 Å². The molecule has 0 spiro atoms. The lowest BCUT2D eigenvalue weighted by atomic mass is 9.99. The van der Waals surface area contributed by atoms with E-state index >= 15 is 0 Å². The van der Waals surface area contributed by atoms with Gasteiger partial charge >= 0.3 is 0 Å². The summed E-state index contributed by atoms with van der Waals surface area (Å²) in [6.45, 7) is 0. The third-order valence-corrected chi connectivity index (χ3v) is 2.92. The lowest BCUT2D eigenvalue weighted by Gasteiger charge is -2.17. The highest BCUT2D eigenvalue weighted by Gasteiger charge is 2.12. The highest BCUT2D eigenvalue weighted by atomic mass is 19.1. The van der Waals surface area contributed by atoms with Gasteiger partial charge in [0.25, 0.3) is 0 Å². The van der Waals surface area contributed by atoms with Crippen molar-refractivity contribution in [3.8, 4) is 5.75 Å². The van der Waals surface area contributed by atoms with E-state index in [4.69, 9.17) is 4.74 Å². The summed E-state index contributed by atoms with van der Waals surface area (Å²) in [5.74, 6) is 0.592. The van der Waals surface area contributed by atoms with E-state index < -0.39 is 0 Å². The van der Waals surface area contributed by atoms with Crippen molar-refractivity contribution in [2.24, 2.45) is 0 Å². The molecule has 2 nitrogen and oxygen atoms in total. The van der Waals surface area contributed by atoms with Gasteiger partial charge in [-0.15, -0.1) is 0 Å². The maximum absolute atomic E-state index is 12.9. The van der Waals surface area contributed by atoms with Crippen LogP contribution in [-0.4, -0.2) is 14.2 Å². The minimum atomic E-state index is -0.223. The van der Waals surface area contributed by atoms with Crippen LogP contribution in [0, 0.1) is 5.82 Å². The van der Waals surface area contributed by atoms with Gasteiger partial charge in [-0.05, 0) is 42.4 Å². The quantitative estimate of drug-likeness (QED) is 0.893. The third-order valence-electron chi connectivity index (χ3n) is 2.92. The van der Waals surface area contributed by atoms with Crippen LogP contribution in [0.4, 0.5) is 4.39 Å². The van der Waals surface area contributed by atoms with E-state index in [-0.39, 0.29) is 11.9 Å². The van der Waals surface area contributed by atoms with Gasteiger partial charge in [-0.2, -0.15) is 0 Å². The summed E-state index contributed by atoms with van der Waals surface area (Å²) in [4.78, 5) is 0. The average molecular weight is 245 g/mol. The maximum atomic E-state index is 12.9. The first-order valence-electron chi connectivity index (χ1n) is 5.81. The summed E-state index contributed by atoms with van der Waals surface area (Å²) in [7, 11) is 3.53. The van der Waals surface area contributed by atoms with E-state index in [1.54, 1.807) is 19.2 Å². The van der Waals surface area contributed by atoms with Crippen LogP contribution in [-0.2, 0) is 0 Å². The van der Waals surface area contributed by atoms with Crippen molar-refractivity contribution in [2.45, 2.75) is 6.04 Å². The first-order chi connectivity index (χ1) is 8.74. The zero-order valence-corrected chi connectivity index (χ0v) is 10.5. The van der Waals surface area contributed by atoms with Crippen LogP contribution >= 0.6 is 0 Å². The smallest absolute Gasteiger partial charge is 0.123 e. The summed E-state index contributed by atoms with van der Waals surface area (Å²) in [5, 5.41) is 3.23. The van der Waals surface area contributed by atoms with Crippen molar-refractivity contribution in [2.75, 3.05) is 14.2 Å². The normalized spacial score (nSPS) is 12.2. The van der Waals surface area contributed by atoms with Gasteiger partial charge in [0.15, 0.2) is 0 Å². The zero-order chi connectivity index (χ0) is 13.0. The second-order valence-corrected chi connectivity index (χ2v) is 4.05. The SMILES string of the molecule is CNC(c1ccc(F)cc1)c1cccc(OC)c1. The first kappa shape index (κ1) is 12.6. The molecule has 1 N–H and O–H groups in total. The van der Waals surface area contributed by atoms with Crippen molar-refractivity contribution < 1.29 is 9.13 Å². The fraction of sp³-hybridized carbons (Fsp3) is 0.200. The minimum Gasteiger partial charge on any atom is -0.497 e. The first-order valence-corrected chi connectivity index (χ1v) is 5.81. The fourth-order valence-electron chi connectivity index (χ4n) is 2.00. The molecule has 1 atom stereocenters. The molecule has 1 unspecified atom stereocenters. The molecule has 94 valence electrons. The molecule has 0 aliphatic heterocycles. The van der Waals surface area contributed by atoms with Crippen LogP contribution in [0.3, 0.4) is 0 Å². The molecule has 0 aliphatic rings. The molecule has 0 bridgehead atoms. The molecule has 0 amide bonds. The van der Waals surface area contributed by atoms with Gasteiger partial charge in [0, 0.05) is 0 Å². The molecular formula is C15H16FNO. The van der Waals surface area contributed by atoms with E-state index in [9.17, 15) is 4.39 Å². The monoisotopic (exact) mass is 245 g/mol. The molecule has 0 aliphatic carbocycles. The number of hydrogen-bond acceptors (Lipinski definition) is 2. The van der Waals surface area contributed by atoms with Crippen LogP contribution in [0.2, 0.25) is 0 Å². The molecule has 2 aromatic rings. The summed E-state index contributed by atoms with van der Waals surface area (Å²) in [5.41, 5.74) is 2.11. The predicted octanol–water partition coefficient (Wildman–Crippen LogP) is 3.14. The standard InChI is InChI=1S/C15H16FNO/c1-17-15(11-6-8-13(16)9-7-11)12-4-3-5-14(10-12)18-2/h3-10,15,17H,1-2H3. The van der Waals surface area contributed by atoms with E-state index in [1.807, 2.05) is 31.3 Å². The molecule has 3 heteroatoms. The van der Waals surface area contributed by atoms with Crippen molar-refractivity contribution in [3.63, 3.8) is 0 Å². The Morgan fingerprint density at radius 2 is 1.78 bits per heavy atom. The molecule has 0 radical (unpaired) electrons. The molecule has 18 heavy (non-hydrogen) atoms. The van der Waals surface area contributed by atoms with Crippen LogP contribution in [0.5, 0.6) is 5.75 Å². The molecule has 0 aromatic heterocycles. The Morgan fingerprint density at radius 1 is 1.06 bits per heavy atom. The van der Waals surface area contributed by atoms with E-state index in [2.05, 4.69) is 5.32 Å². The topological polar surface area (TPSA) is 21.3 Å². The molecular weight excluding hydrogens is 229 g/mol.